The molecule has 22 heavy (non-hydrogen) atoms. The Labute approximate surface area is 134 Å². The molecule has 2 heterocycles. The van der Waals surface area contributed by atoms with Crippen molar-refractivity contribution in [1.29, 1.82) is 0 Å². The number of aliphatic hydroxyl groups is 1. The standard InChI is InChI=1S/C14H21N5O2S/c1-14(8-20,9-21-3)10-7-15-13(22-4)17-12(10)16-11-5-6-19(2)18-11/h5-7,20H,8-9H2,1-4H3,(H,15,16,17,18). The van der Waals surface area contributed by atoms with Crippen molar-refractivity contribution in [3.63, 3.8) is 0 Å². The van der Waals surface area contributed by atoms with Gasteiger partial charge in [0, 0.05) is 43.6 Å². The number of methoxy groups -OCH3 is 1. The Bertz CT molecular complexity index is 633. The predicted molar refractivity (Wildman–Crippen MR) is 86.6 cm³/mol. The van der Waals surface area contributed by atoms with E-state index in [1.54, 1.807) is 18.0 Å². The molecule has 0 saturated heterocycles. The summed E-state index contributed by atoms with van der Waals surface area (Å²) in [4.78, 5) is 8.84. The topological polar surface area (TPSA) is 85.1 Å². The van der Waals surface area contributed by atoms with Crippen molar-refractivity contribution < 1.29 is 9.84 Å². The summed E-state index contributed by atoms with van der Waals surface area (Å²) in [5, 5.41) is 18.0. The van der Waals surface area contributed by atoms with Gasteiger partial charge in [0.15, 0.2) is 11.0 Å². The molecule has 120 valence electrons. The summed E-state index contributed by atoms with van der Waals surface area (Å²) in [6.07, 6.45) is 5.50. The number of nitrogens with one attached hydrogen (secondary N) is 1. The molecule has 0 aliphatic carbocycles. The van der Waals surface area contributed by atoms with Crippen molar-refractivity contribution in [2.75, 3.05) is 31.9 Å². The first-order valence-electron chi connectivity index (χ1n) is 6.80. The van der Waals surface area contributed by atoms with Gasteiger partial charge in [-0.3, -0.25) is 4.68 Å². The Kier molecular flexibility index (Phi) is 5.38. The number of rotatable bonds is 7. The van der Waals surface area contributed by atoms with Crippen LogP contribution in [0.2, 0.25) is 0 Å². The molecule has 2 aromatic rings. The molecule has 0 radical (unpaired) electrons. The normalized spacial score (nSPS) is 13.9. The van der Waals surface area contributed by atoms with E-state index in [1.807, 2.05) is 32.5 Å². The molecule has 0 aliphatic rings. The highest BCUT2D eigenvalue weighted by molar-refractivity contribution is 7.98. The van der Waals surface area contributed by atoms with E-state index in [9.17, 15) is 5.11 Å². The monoisotopic (exact) mass is 323 g/mol. The zero-order valence-electron chi connectivity index (χ0n) is 13.2. The van der Waals surface area contributed by atoms with Crippen LogP contribution < -0.4 is 5.32 Å². The summed E-state index contributed by atoms with van der Waals surface area (Å²) >= 11 is 1.46. The van der Waals surface area contributed by atoms with E-state index in [0.717, 1.165) is 5.56 Å². The van der Waals surface area contributed by atoms with Crippen molar-refractivity contribution in [3.8, 4) is 0 Å². The number of nitrogens with zero attached hydrogens (tertiary/aromatic N) is 4. The lowest BCUT2D eigenvalue weighted by molar-refractivity contribution is 0.0927. The molecule has 0 spiro atoms. The summed E-state index contributed by atoms with van der Waals surface area (Å²) in [6, 6.07) is 1.86. The number of aryl methyl sites for hydroxylation is 1. The number of thioether (sulfide) groups is 1. The van der Waals surface area contributed by atoms with Gasteiger partial charge in [0.2, 0.25) is 0 Å². The minimum Gasteiger partial charge on any atom is -0.395 e. The summed E-state index contributed by atoms with van der Waals surface area (Å²) in [6.45, 7) is 2.21. The quantitative estimate of drug-likeness (QED) is 0.591. The molecule has 0 aromatic carbocycles. The fourth-order valence-corrected chi connectivity index (χ4v) is 2.47. The zero-order chi connectivity index (χ0) is 16.2. The van der Waals surface area contributed by atoms with Crippen LogP contribution in [0.3, 0.4) is 0 Å². The van der Waals surface area contributed by atoms with E-state index >= 15 is 0 Å². The van der Waals surface area contributed by atoms with Crippen LogP contribution in [0.5, 0.6) is 0 Å². The van der Waals surface area contributed by atoms with Crippen LogP contribution in [-0.4, -0.2) is 51.4 Å². The Hall–Kier alpha value is -1.64. The van der Waals surface area contributed by atoms with Gasteiger partial charge in [-0.2, -0.15) is 5.10 Å². The number of aliphatic hydroxyl groups excluding tert-OH is 1. The Balaban J connectivity index is 2.44. The number of anilines is 2. The molecule has 1 unspecified atom stereocenters. The molecule has 2 aromatic heterocycles. The molecular formula is C14H21N5O2S. The number of hydrogen-bond acceptors (Lipinski definition) is 7. The van der Waals surface area contributed by atoms with E-state index in [0.29, 0.717) is 23.4 Å². The van der Waals surface area contributed by atoms with Gasteiger partial charge >= 0.3 is 0 Å². The number of aromatic nitrogens is 4. The van der Waals surface area contributed by atoms with Gasteiger partial charge in [-0.05, 0) is 6.26 Å². The molecule has 2 N–H and O–H groups in total. The van der Waals surface area contributed by atoms with Gasteiger partial charge in [-0.15, -0.1) is 0 Å². The van der Waals surface area contributed by atoms with Crippen LogP contribution in [0.1, 0.15) is 12.5 Å². The Morgan fingerprint density at radius 2 is 2.27 bits per heavy atom. The fraction of sp³-hybridized carbons (Fsp3) is 0.500. The average molecular weight is 323 g/mol. The zero-order valence-corrected chi connectivity index (χ0v) is 14.0. The highest BCUT2D eigenvalue weighted by atomic mass is 32.2. The van der Waals surface area contributed by atoms with E-state index < -0.39 is 5.41 Å². The highest BCUT2D eigenvalue weighted by Gasteiger charge is 2.30. The maximum absolute atomic E-state index is 9.80. The maximum atomic E-state index is 9.80. The van der Waals surface area contributed by atoms with Crippen molar-refractivity contribution in [2.24, 2.45) is 7.05 Å². The first-order valence-corrected chi connectivity index (χ1v) is 8.03. The smallest absolute Gasteiger partial charge is 0.189 e. The first-order chi connectivity index (χ1) is 10.5. The van der Waals surface area contributed by atoms with Crippen molar-refractivity contribution in [1.82, 2.24) is 19.7 Å². The summed E-state index contributed by atoms with van der Waals surface area (Å²) in [7, 11) is 3.46. The van der Waals surface area contributed by atoms with E-state index in [-0.39, 0.29) is 6.61 Å². The lowest BCUT2D eigenvalue weighted by Gasteiger charge is -2.28. The van der Waals surface area contributed by atoms with Crippen LogP contribution in [0.4, 0.5) is 11.6 Å². The van der Waals surface area contributed by atoms with E-state index in [1.165, 1.54) is 11.8 Å². The van der Waals surface area contributed by atoms with Crippen molar-refractivity contribution in [2.45, 2.75) is 17.5 Å². The molecule has 2 rings (SSSR count). The summed E-state index contributed by atoms with van der Waals surface area (Å²) < 4.78 is 6.96. The van der Waals surface area contributed by atoms with Crippen LogP contribution >= 0.6 is 11.8 Å². The average Bonchev–Trinajstić information content (AvgIpc) is 2.92. The summed E-state index contributed by atoms with van der Waals surface area (Å²) in [5.41, 5.74) is 0.198. The van der Waals surface area contributed by atoms with E-state index in [4.69, 9.17) is 4.74 Å². The van der Waals surface area contributed by atoms with Gasteiger partial charge in [0.05, 0.1) is 13.2 Å². The Morgan fingerprint density at radius 3 is 2.82 bits per heavy atom. The Morgan fingerprint density at radius 1 is 1.50 bits per heavy atom. The molecule has 0 aliphatic heterocycles. The maximum Gasteiger partial charge on any atom is 0.189 e. The highest BCUT2D eigenvalue weighted by Crippen LogP contribution is 2.31. The van der Waals surface area contributed by atoms with Gasteiger partial charge in [0.25, 0.3) is 0 Å². The van der Waals surface area contributed by atoms with Crippen molar-refractivity contribution in [3.05, 3.63) is 24.0 Å². The second-order valence-electron chi connectivity index (χ2n) is 5.27. The first kappa shape index (κ1) is 16.7. The molecule has 0 amide bonds. The lowest BCUT2D eigenvalue weighted by atomic mass is 9.85. The molecule has 0 saturated carbocycles. The van der Waals surface area contributed by atoms with Crippen molar-refractivity contribution >= 4 is 23.4 Å². The van der Waals surface area contributed by atoms with Gasteiger partial charge in [-0.1, -0.05) is 18.7 Å². The van der Waals surface area contributed by atoms with Crippen LogP contribution in [0.25, 0.3) is 0 Å². The van der Waals surface area contributed by atoms with Gasteiger partial charge in [-0.25, -0.2) is 9.97 Å². The largest absolute Gasteiger partial charge is 0.395 e. The fourth-order valence-electron chi connectivity index (χ4n) is 2.13. The summed E-state index contributed by atoms with van der Waals surface area (Å²) in [5.74, 6) is 1.32. The SMILES string of the molecule is COCC(C)(CO)c1cnc(SC)nc1Nc1ccn(C)n1. The minimum absolute atomic E-state index is 0.0697. The molecule has 0 bridgehead atoms. The minimum atomic E-state index is -0.594. The van der Waals surface area contributed by atoms with Gasteiger partial charge in [0.1, 0.15) is 5.82 Å². The van der Waals surface area contributed by atoms with Crippen LogP contribution in [0, 0.1) is 0 Å². The number of ether oxygens (including phenoxy) is 1. The van der Waals surface area contributed by atoms with Crippen LogP contribution in [-0.2, 0) is 17.2 Å². The number of hydrogen-bond donors (Lipinski definition) is 2. The molecule has 1 atom stereocenters. The predicted octanol–water partition coefficient (Wildman–Crippen LogP) is 1.57. The van der Waals surface area contributed by atoms with E-state index in [2.05, 4.69) is 20.4 Å². The van der Waals surface area contributed by atoms with Gasteiger partial charge < -0.3 is 15.2 Å². The molecule has 7 nitrogen and oxygen atoms in total. The molecule has 8 heteroatoms. The second kappa shape index (κ2) is 7.08. The lowest BCUT2D eigenvalue weighted by Crippen LogP contribution is -2.33. The molecule has 0 fully saturated rings. The third-order valence-corrected chi connectivity index (χ3v) is 3.93. The third-order valence-electron chi connectivity index (χ3n) is 3.37. The second-order valence-corrected chi connectivity index (χ2v) is 6.04. The van der Waals surface area contributed by atoms with Crippen LogP contribution in [0.15, 0.2) is 23.6 Å². The third kappa shape index (κ3) is 3.57. The molecular weight excluding hydrogens is 302 g/mol.